The Hall–Kier alpha value is -1.16. The molecule has 8 heteroatoms. The highest BCUT2D eigenvalue weighted by atomic mass is 127. The number of aromatic nitrogens is 1. The first-order valence-electron chi connectivity index (χ1n) is 9.22. The monoisotopic (exact) mass is 479 g/mol. The molecule has 0 spiro atoms. The van der Waals surface area contributed by atoms with Crippen molar-refractivity contribution in [1.29, 1.82) is 0 Å². The van der Waals surface area contributed by atoms with Crippen molar-refractivity contribution in [3.8, 4) is 0 Å². The van der Waals surface area contributed by atoms with Gasteiger partial charge in [0.05, 0.1) is 13.2 Å². The largest absolute Gasteiger partial charge is 0.380 e. The smallest absolute Gasteiger partial charge is 0.191 e. The highest BCUT2D eigenvalue weighted by Gasteiger charge is 2.25. The van der Waals surface area contributed by atoms with Gasteiger partial charge in [-0.05, 0) is 31.9 Å². The zero-order valence-electron chi connectivity index (χ0n) is 15.7. The quantitative estimate of drug-likeness (QED) is 0.247. The van der Waals surface area contributed by atoms with Crippen LogP contribution in [0.25, 0.3) is 0 Å². The van der Waals surface area contributed by atoms with Crippen molar-refractivity contribution in [2.24, 2.45) is 4.99 Å². The van der Waals surface area contributed by atoms with E-state index in [1.165, 1.54) is 6.07 Å². The fraction of sp³-hybridized carbons (Fsp3) is 0.667. The van der Waals surface area contributed by atoms with Gasteiger partial charge in [-0.25, -0.2) is 9.37 Å². The van der Waals surface area contributed by atoms with Crippen molar-refractivity contribution < 1.29 is 9.13 Å². The van der Waals surface area contributed by atoms with Gasteiger partial charge < -0.3 is 20.3 Å². The molecule has 26 heavy (non-hydrogen) atoms. The average Bonchev–Trinajstić information content (AvgIpc) is 3.07. The molecule has 0 aromatic carbocycles. The van der Waals surface area contributed by atoms with Gasteiger partial charge in [-0.15, -0.1) is 24.0 Å². The summed E-state index contributed by atoms with van der Waals surface area (Å²) in [7, 11) is 0. The third-order valence-corrected chi connectivity index (χ3v) is 4.06. The van der Waals surface area contributed by atoms with Crippen LogP contribution in [0.3, 0.4) is 0 Å². The molecule has 0 radical (unpaired) electrons. The van der Waals surface area contributed by atoms with Crippen molar-refractivity contribution in [2.45, 2.75) is 39.2 Å². The van der Waals surface area contributed by atoms with Crippen LogP contribution >= 0.6 is 24.0 Å². The number of pyridine rings is 1. The second-order valence-electron chi connectivity index (χ2n) is 6.11. The molecular formula is C18H31FIN5O. The van der Waals surface area contributed by atoms with Gasteiger partial charge in [0.25, 0.3) is 0 Å². The third-order valence-electron chi connectivity index (χ3n) is 4.06. The summed E-state index contributed by atoms with van der Waals surface area (Å²) >= 11 is 0. The second kappa shape index (κ2) is 13.1. The number of rotatable bonds is 9. The lowest BCUT2D eigenvalue weighted by Gasteiger charge is -2.19. The van der Waals surface area contributed by atoms with E-state index in [-0.39, 0.29) is 35.8 Å². The van der Waals surface area contributed by atoms with Gasteiger partial charge in [-0.2, -0.15) is 0 Å². The molecule has 2 heterocycles. The summed E-state index contributed by atoms with van der Waals surface area (Å²) in [6.07, 6.45) is 4.78. The van der Waals surface area contributed by atoms with Crippen molar-refractivity contribution in [1.82, 2.24) is 15.6 Å². The van der Waals surface area contributed by atoms with Crippen molar-refractivity contribution >= 4 is 35.8 Å². The lowest BCUT2D eigenvalue weighted by molar-refractivity contribution is 0.139. The number of unbranched alkanes of at least 4 members (excludes halogenated alkanes) is 1. The summed E-state index contributed by atoms with van der Waals surface area (Å²) in [6, 6.07) is 3.29. The molecule has 2 N–H and O–H groups in total. The van der Waals surface area contributed by atoms with Gasteiger partial charge >= 0.3 is 0 Å². The standard InChI is InChI=1S/C18H30FN5O.HI/c1-3-5-12-25-13-10-22-18(20-4-2)23-15-8-11-24(14-15)17-16(19)7-6-9-21-17;/h6-7,9,15H,3-5,8,10-14H2,1-2H3,(H2,20,22,23);1H. The van der Waals surface area contributed by atoms with Crippen LogP contribution < -0.4 is 15.5 Å². The summed E-state index contributed by atoms with van der Waals surface area (Å²) in [6.45, 7) is 8.54. The molecule has 1 unspecified atom stereocenters. The van der Waals surface area contributed by atoms with Gasteiger partial charge in [0, 0.05) is 38.5 Å². The minimum absolute atomic E-state index is 0. The molecule has 1 fully saturated rings. The van der Waals surface area contributed by atoms with Crippen LogP contribution in [0.5, 0.6) is 0 Å². The average molecular weight is 479 g/mol. The molecule has 1 atom stereocenters. The Morgan fingerprint density at radius 2 is 2.27 bits per heavy atom. The number of anilines is 1. The zero-order chi connectivity index (χ0) is 17.9. The molecule has 0 saturated carbocycles. The molecular weight excluding hydrogens is 448 g/mol. The van der Waals surface area contributed by atoms with E-state index in [9.17, 15) is 4.39 Å². The molecule has 1 aromatic heterocycles. The minimum atomic E-state index is -0.270. The van der Waals surface area contributed by atoms with E-state index in [1.54, 1.807) is 12.3 Å². The summed E-state index contributed by atoms with van der Waals surface area (Å²) in [4.78, 5) is 10.7. The Morgan fingerprint density at radius 1 is 1.42 bits per heavy atom. The first kappa shape index (κ1) is 22.9. The fourth-order valence-corrected chi connectivity index (χ4v) is 2.76. The van der Waals surface area contributed by atoms with Crippen molar-refractivity contribution in [3.63, 3.8) is 0 Å². The van der Waals surface area contributed by atoms with Gasteiger partial charge in [0.2, 0.25) is 0 Å². The topological polar surface area (TPSA) is 61.8 Å². The van der Waals surface area contributed by atoms with E-state index in [1.807, 2.05) is 11.8 Å². The predicted molar refractivity (Wildman–Crippen MR) is 115 cm³/mol. The van der Waals surface area contributed by atoms with Gasteiger partial charge in [-0.1, -0.05) is 13.3 Å². The van der Waals surface area contributed by atoms with Crippen LogP contribution in [0.4, 0.5) is 10.2 Å². The first-order chi connectivity index (χ1) is 12.2. The van der Waals surface area contributed by atoms with Gasteiger partial charge in [-0.3, -0.25) is 4.99 Å². The number of hydrogen-bond donors (Lipinski definition) is 2. The SMILES string of the molecule is CCCCOCCN=C(NCC)NC1CCN(c2ncccc2F)C1.I. The molecule has 1 aliphatic rings. The van der Waals surface area contributed by atoms with Crippen LogP contribution in [0.15, 0.2) is 23.3 Å². The minimum Gasteiger partial charge on any atom is -0.380 e. The van der Waals surface area contributed by atoms with E-state index < -0.39 is 0 Å². The van der Waals surface area contributed by atoms with Crippen molar-refractivity contribution in [2.75, 3.05) is 44.3 Å². The Kier molecular flexibility index (Phi) is 11.5. The Bertz CT molecular complexity index is 546. The third kappa shape index (κ3) is 7.61. The van der Waals surface area contributed by atoms with E-state index in [2.05, 4.69) is 27.5 Å². The molecule has 0 bridgehead atoms. The maximum atomic E-state index is 13.9. The number of hydrogen-bond acceptors (Lipinski definition) is 4. The van der Waals surface area contributed by atoms with Crippen LogP contribution in [0.2, 0.25) is 0 Å². The highest BCUT2D eigenvalue weighted by molar-refractivity contribution is 14.0. The molecule has 1 aromatic rings. The highest BCUT2D eigenvalue weighted by Crippen LogP contribution is 2.20. The van der Waals surface area contributed by atoms with E-state index in [0.717, 1.165) is 44.9 Å². The maximum Gasteiger partial charge on any atom is 0.191 e. The number of ether oxygens (including phenoxy) is 1. The number of aliphatic imine (C=N–C) groups is 1. The molecule has 6 nitrogen and oxygen atoms in total. The lowest BCUT2D eigenvalue weighted by atomic mass is 10.3. The second-order valence-corrected chi connectivity index (χ2v) is 6.11. The van der Waals surface area contributed by atoms with E-state index in [4.69, 9.17) is 4.74 Å². The molecule has 0 amide bonds. The van der Waals surface area contributed by atoms with E-state index in [0.29, 0.717) is 25.5 Å². The van der Waals surface area contributed by atoms with Crippen LogP contribution in [0.1, 0.15) is 33.1 Å². The lowest BCUT2D eigenvalue weighted by Crippen LogP contribution is -2.44. The first-order valence-corrected chi connectivity index (χ1v) is 9.22. The summed E-state index contributed by atoms with van der Waals surface area (Å²) in [5.41, 5.74) is 0. The molecule has 2 rings (SSSR count). The summed E-state index contributed by atoms with van der Waals surface area (Å²) < 4.78 is 19.4. The number of nitrogens with zero attached hydrogens (tertiary/aromatic N) is 3. The fourth-order valence-electron chi connectivity index (χ4n) is 2.76. The summed E-state index contributed by atoms with van der Waals surface area (Å²) in [5.74, 6) is 0.945. The zero-order valence-corrected chi connectivity index (χ0v) is 18.0. The van der Waals surface area contributed by atoms with Crippen LogP contribution in [0, 0.1) is 5.82 Å². The maximum absolute atomic E-state index is 13.9. The molecule has 1 aliphatic heterocycles. The molecule has 148 valence electrons. The van der Waals surface area contributed by atoms with E-state index >= 15 is 0 Å². The number of nitrogens with one attached hydrogen (secondary N) is 2. The predicted octanol–water partition coefficient (Wildman–Crippen LogP) is 2.79. The number of guanidine groups is 1. The van der Waals surface area contributed by atoms with Crippen molar-refractivity contribution in [3.05, 3.63) is 24.1 Å². The van der Waals surface area contributed by atoms with Gasteiger partial charge in [0.1, 0.15) is 0 Å². The van der Waals surface area contributed by atoms with Gasteiger partial charge in [0.15, 0.2) is 17.6 Å². The van der Waals surface area contributed by atoms with Crippen LogP contribution in [-0.4, -0.2) is 56.4 Å². The Balaban J connectivity index is 0.00000338. The molecule has 1 saturated heterocycles. The Morgan fingerprint density at radius 3 is 3.00 bits per heavy atom. The molecule has 0 aliphatic carbocycles. The van der Waals surface area contributed by atoms with Crippen LogP contribution in [-0.2, 0) is 4.74 Å². The Labute approximate surface area is 173 Å². The normalized spacial score (nSPS) is 17.1. The number of halogens is 2. The summed E-state index contributed by atoms with van der Waals surface area (Å²) in [5, 5.41) is 6.68.